The van der Waals surface area contributed by atoms with Crippen molar-refractivity contribution in [1.29, 1.82) is 0 Å². The van der Waals surface area contributed by atoms with E-state index in [4.69, 9.17) is 21.1 Å². The van der Waals surface area contributed by atoms with Gasteiger partial charge in [-0.2, -0.15) is 4.31 Å². The minimum atomic E-state index is -3.78. The van der Waals surface area contributed by atoms with Crippen molar-refractivity contribution in [2.45, 2.75) is 18.0 Å². The maximum Gasteiger partial charge on any atom is 0.255 e. The highest BCUT2D eigenvalue weighted by atomic mass is 35.5. The lowest BCUT2D eigenvalue weighted by Crippen LogP contribution is -2.27. The summed E-state index contributed by atoms with van der Waals surface area (Å²) in [7, 11) is -0.817. The number of anilines is 1. The number of nitrogens with zero attached hydrogens (tertiary/aromatic N) is 1. The van der Waals surface area contributed by atoms with Crippen LogP contribution in [0.5, 0.6) is 11.5 Å². The summed E-state index contributed by atoms with van der Waals surface area (Å²) in [5, 5.41) is 3.30. The molecule has 4 aromatic rings. The van der Waals surface area contributed by atoms with E-state index in [9.17, 15) is 13.2 Å². The van der Waals surface area contributed by atoms with Gasteiger partial charge in [-0.3, -0.25) is 4.79 Å². The fraction of sp³-hybridized carbons (Fsp3) is 0.138. The van der Waals surface area contributed by atoms with Gasteiger partial charge in [0.2, 0.25) is 10.0 Å². The number of sulfonamides is 1. The lowest BCUT2D eigenvalue weighted by atomic mass is 10.1. The predicted molar refractivity (Wildman–Crippen MR) is 148 cm³/mol. The van der Waals surface area contributed by atoms with Gasteiger partial charge in [-0.15, -0.1) is 0 Å². The van der Waals surface area contributed by atoms with E-state index in [1.807, 2.05) is 30.3 Å². The summed E-state index contributed by atoms with van der Waals surface area (Å²) >= 11 is 5.89. The maximum atomic E-state index is 13.0. The van der Waals surface area contributed by atoms with Gasteiger partial charge in [-0.1, -0.05) is 41.9 Å². The first-order chi connectivity index (χ1) is 18.3. The largest absolute Gasteiger partial charge is 0.496 e. The van der Waals surface area contributed by atoms with Crippen LogP contribution in [-0.4, -0.2) is 32.8 Å². The molecular weight excluding hydrogens is 524 g/mol. The predicted octanol–water partition coefficient (Wildman–Crippen LogP) is 6.00. The summed E-state index contributed by atoms with van der Waals surface area (Å²) in [6.07, 6.45) is 0. The third-order valence-electron chi connectivity index (χ3n) is 5.82. The molecule has 0 aliphatic carbocycles. The van der Waals surface area contributed by atoms with Crippen molar-refractivity contribution in [3.05, 3.63) is 119 Å². The van der Waals surface area contributed by atoms with E-state index in [0.29, 0.717) is 39.9 Å². The van der Waals surface area contributed by atoms with E-state index in [0.717, 1.165) is 5.56 Å². The quantitative estimate of drug-likeness (QED) is 0.262. The Bertz CT molecular complexity index is 1490. The Hall–Kier alpha value is -3.85. The lowest BCUT2D eigenvalue weighted by molar-refractivity contribution is 0.102. The molecule has 1 N–H and O–H groups in total. The number of nitrogens with one attached hydrogen (secondary N) is 1. The second-order valence-corrected chi connectivity index (χ2v) is 11.0. The number of ether oxygens (including phenoxy) is 2. The number of halogens is 1. The molecule has 0 atom stereocenters. The number of benzene rings is 4. The van der Waals surface area contributed by atoms with Crippen LogP contribution in [0.1, 0.15) is 21.5 Å². The van der Waals surface area contributed by atoms with Crippen molar-refractivity contribution in [1.82, 2.24) is 4.31 Å². The van der Waals surface area contributed by atoms with E-state index in [1.165, 1.54) is 42.7 Å². The number of carbonyl (C=O) groups excluding carboxylic acids is 1. The van der Waals surface area contributed by atoms with Crippen molar-refractivity contribution in [2.75, 3.05) is 19.5 Å². The normalized spacial score (nSPS) is 11.3. The topological polar surface area (TPSA) is 84.9 Å². The summed E-state index contributed by atoms with van der Waals surface area (Å²) in [6, 6.07) is 27.8. The minimum absolute atomic E-state index is 0.00268. The van der Waals surface area contributed by atoms with Crippen molar-refractivity contribution in [2.24, 2.45) is 0 Å². The zero-order valence-corrected chi connectivity index (χ0v) is 22.5. The molecule has 0 fully saturated rings. The van der Waals surface area contributed by atoms with E-state index >= 15 is 0 Å². The van der Waals surface area contributed by atoms with Crippen LogP contribution in [-0.2, 0) is 23.2 Å². The number of amides is 1. The second-order valence-electron chi connectivity index (χ2n) is 8.49. The molecule has 0 saturated heterocycles. The third-order valence-corrected chi connectivity index (χ3v) is 7.89. The molecule has 9 heteroatoms. The molecule has 0 aliphatic rings. The van der Waals surface area contributed by atoms with Crippen LogP contribution in [0.25, 0.3) is 0 Å². The van der Waals surface area contributed by atoms with Gasteiger partial charge < -0.3 is 14.8 Å². The fourth-order valence-corrected chi connectivity index (χ4v) is 5.01. The van der Waals surface area contributed by atoms with Crippen LogP contribution < -0.4 is 14.8 Å². The maximum absolute atomic E-state index is 13.0. The molecule has 0 heterocycles. The lowest BCUT2D eigenvalue weighted by Gasteiger charge is -2.19. The number of methoxy groups -OCH3 is 1. The molecule has 0 radical (unpaired) electrons. The minimum Gasteiger partial charge on any atom is -0.496 e. The fourth-order valence-electron chi connectivity index (χ4n) is 3.73. The van der Waals surface area contributed by atoms with E-state index < -0.39 is 10.0 Å². The molecule has 0 aliphatic heterocycles. The molecule has 0 unspecified atom stereocenters. The monoisotopic (exact) mass is 550 g/mol. The van der Waals surface area contributed by atoms with Gasteiger partial charge in [0.15, 0.2) is 0 Å². The van der Waals surface area contributed by atoms with Gasteiger partial charge in [0.25, 0.3) is 5.91 Å². The molecule has 1 amide bonds. The molecule has 0 aromatic heterocycles. The molecular formula is C29H27ClN2O5S. The van der Waals surface area contributed by atoms with Crippen LogP contribution in [0.4, 0.5) is 5.69 Å². The molecule has 38 heavy (non-hydrogen) atoms. The summed E-state index contributed by atoms with van der Waals surface area (Å²) in [5.41, 5.74) is 2.57. The van der Waals surface area contributed by atoms with Gasteiger partial charge in [-0.25, -0.2) is 8.42 Å². The smallest absolute Gasteiger partial charge is 0.255 e. The molecule has 0 spiro atoms. The summed E-state index contributed by atoms with van der Waals surface area (Å²) < 4.78 is 38.4. The van der Waals surface area contributed by atoms with Crippen LogP contribution >= 0.6 is 11.6 Å². The third kappa shape index (κ3) is 6.72. The van der Waals surface area contributed by atoms with Gasteiger partial charge in [-0.05, 0) is 72.3 Å². The summed E-state index contributed by atoms with van der Waals surface area (Å²) in [5.74, 6) is 0.818. The Labute approximate surface area is 227 Å². The highest BCUT2D eigenvalue weighted by molar-refractivity contribution is 7.89. The SMILES string of the molecule is COc1ccc(C(=O)Nc2ccc(OCc3ccccc3)cc2)cc1CN(C)S(=O)(=O)c1ccc(Cl)cc1. The Morgan fingerprint density at radius 3 is 2.26 bits per heavy atom. The molecule has 4 rings (SSSR count). The van der Waals surface area contributed by atoms with E-state index in [2.05, 4.69) is 5.32 Å². The Balaban J connectivity index is 1.44. The first kappa shape index (κ1) is 27.2. The standard InChI is InChI=1S/C29H27ClN2O5S/c1-32(38(34,35)27-15-9-24(30)10-16-27)19-23-18-22(8-17-28(23)36-2)29(33)31-25-11-13-26(14-12-25)37-20-21-6-4-3-5-7-21/h3-18H,19-20H2,1-2H3,(H,31,33). The molecule has 0 bridgehead atoms. The first-order valence-corrected chi connectivity index (χ1v) is 13.5. The van der Waals surface area contributed by atoms with E-state index in [-0.39, 0.29) is 17.3 Å². The molecule has 7 nitrogen and oxygen atoms in total. The second kappa shape index (κ2) is 12.1. The van der Waals surface area contributed by atoms with Crippen molar-refractivity contribution >= 4 is 33.2 Å². The van der Waals surface area contributed by atoms with Crippen molar-refractivity contribution < 1.29 is 22.7 Å². The zero-order chi connectivity index (χ0) is 27.1. The van der Waals surface area contributed by atoms with Gasteiger partial charge >= 0.3 is 0 Å². The molecule has 196 valence electrons. The Morgan fingerprint density at radius 2 is 1.61 bits per heavy atom. The Kier molecular flexibility index (Phi) is 8.68. The van der Waals surface area contributed by atoms with Crippen molar-refractivity contribution in [3.8, 4) is 11.5 Å². The molecule has 4 aromatic carbocycles. The van der Waals surface area contributed by atoms with Crippen molar-refractivity contribution in [3.63, 3.8) is 0 Å². The number of carbonyl (C=O) groups is 1. The average Bonchev–Trinajstić information content (AvgIpc) is 2.93. The number of rotatable bonds is 10. The van der Waals surface area contributed by atoms with Gasteiger partial charge in [0, 0.05) is 35.4 Å². The van der Waals surface area contributed by atoms with Crippen LogP contribution in [0.2, 0.25) is 5.02 Å². The summed E-state index contributed by atoms with van der Waals surface area (Å²) in [6.45, 7) is 0.450. The zero-order valence-electron chi connectivity index (χ0n) is 20.9. The molecule has 0 saturated carbocycles. The van der Waals surface area contributed by atoms with Gasteiger partial charge in [0.05, 0.1) is 12.0 Å². The average molecular weight is 551 g/mol. The van der Waals surface area contributed by atoms with E-state index in [1.54, 1.807) is 42.5 Å². The number of hydrogen-bond acceptors (Lipinski definition) is 5. The summed E-state index contributed by atoms with van der Waals surface area (Å²) in [4.78, 5) is 13.1. The van der Waals surface area contributed by atoms with Crippen LogP contribution in [0.15, 0.2) is 102 Å². The van der Waals surface area contributed by atoms with Crippen LogP contribution in [0, 0.1) is 0 Å². The first-order valence-electron chi connectivity index (χ1n) is 11.7. The number of hydrogen-bond donors (Lipinski definition) is 1. The highest BCUT2D eigenvalue weighted by Gasteiger charge is 2.23. The van der Waals surface area contributed by atoms with Crippen LogP contribution in [0.3, 0.4) is 0 Å². The van der Waals surface area contributed by atoms with Gasteiger partial charge in [0.1, 0.15) is 18.1 Å². The Morgan fingerprint density at radius 1 is 0.921 bits per heavy atom. The highest BCUT2D eigenvalue weighted by Crippen LogP contribution is 2.26.